The molecule has 0 radical (unpaired) electrons. The molecule has 3 rings (SSSR count). The molecule has 7 heteroatoms. The molecular formula is C19H15ClN4O2. The molecule has 26 heavy (non-hydrogen) atoms. The van der Waals surface area contributed by atoms with Gasteiger partial charge in [-0.15, -0.1) is 0 Å². The molecule has 6 nitrogen and oxygen atoms in total. The molecule has 1 atom stereocenters. The van der Waals surface area contributed by atoms with Gasteiger partial charge in [0.2, 0.25) is 5.91 Å². The highest BCUT2D eigenvalue weighted by molar-refractivity contribution is 6.30. The number of benzene rings is 2. The van der Waals surface area contributed by atoms with Crippen molar-refractivity contribution in [2.75, 3.05) is 7.11 Å². The quantitative estimate of drug-likeness (QED) is 0.749. The second-order valence-corrected chi connectivity index (χ2v) is 5.87. The molecule has 0 spiro atoms. The predicted molar refractivity (Wildman–Crippen MR) is 97.7 cm³/mol. The lowest BCUT2D eigenvalue weighted by atomic mass is 10.1. The van der Waals surface area contributed by atoms with Gasteiger partial charge in [0.15, 0.2) is 11.1 Å². The van der Waals surface area contributed by atoms with Crippen molar-refractivity contribution in [3.8, 4) is 11.8 Å². The van der Waals surface area contributed by atoms with Crippen LogP contribution in [-0.4, -0.2) is 23.0 Å². The first-order valence-electron chi connectivity index (χ1n) is 7.85. The lowest BCUT2D eigenvalue weighted by Crippen LogP contribution is -2.29. The van der Waals surface area contributed by atoms with Gasteiger partial charge in [-0.25, -0.2) is 9.97 Å². The van der Waals surface area contributed by atoms with Crippen molar-refractivity contribution >= 4 is 28.5 Å². The van der Waals surface area contributed by atoms with Gasteiger partial charge in [-0.3, -0.25) is 4.79 Å². The van der Waals surface area contributed by atoms with Gasteiger partial charge in [0.05, 0.1) is 24.2 Å². The van der Waals surface area contributed by atoms with E-state index in [0.29, 0.717) is 11.0 Å². The number of nitriles is 1. The monoisotopic (exact) mass is 366 g/mol. The fourth-order valence-corrected chi connectivity index (χ4v) is 2.70. The highest BCUT2D eigenvalue weighted by atomic mass is 35.5. The highest BCUT2D eigenvalue weighted by Gasteiger charge is 2.25. The van der Waals surface area contributed by atoms with Crippen LogP contribution in [0.2, 0.25) is 5.15 Å². The molecule has 0 aliphatic carbocycles. The minimum Gasteiger partial charge on any atom is -0.497 e. The highest BCUT2D eigenvalue weighted by Crippen LogP contribution is 2.24. The molecule has 3 aromatic rings. The maximum atomic E-state index is 12.5. The molecule has 0 saturated carbocycles. The van der Waals surface area contributed by atoms with Gasteiger partial charge in [0.25, 0.3) is 0 Å². The number of methoxy groups -OCH3 is 1. The maximum absolute atomic E-state index is 12.5. The van der Waals surface area contributed by atoms with Crippen LogP contribution in [0.25, 0.3) is 11.0 Å². The van der Waals surface area contributed by atoms with Crippen LogP contribution in [-0.2, 0) is 11.3 Å². The number of ether oxygens (including phenoxy) is 1. The molecule has 2 aromatic carbocycles. The van der Waals surface area contributed by atoms with Crippen molar-refractivity contribution < 1.29 is 9.53 Å². The Morgan fingerprint density at radius 1 is 1.19 bits per heavy atom. The predicted octanol–water partition coefficient (Wildman–Crippen LogP) is 3.22. The van der Waals surface area contributed by atoms with E-state index in [1.54, 1.807) is 37.4 Å². The first-order valence-corrected chi connectivity index (χ1v) is 8.22. The molecule has 0 bridgehead atoms. The fraction of sp³-hybridized carbons (Fsp3) is 0.158. The lowest BCUT2D eigenvalue weighted by molar-refractivity contribution is -0.121. The van der Waals surface area contributed by atoms with Crippen LogP contribution in [0.3, 0.4) is 0 Å². The van der Waals surface area contributed by atoms with Crippen molar-refractivity contribution in [3.63, 3.8) is 0 Å². The van der Waals surface area contributed by atoms with Crippen LogP contribution in [0.1, 0.15) is 17.2 Å². The minimum absolute atomic E-state index is 0.0508. The maximum Gasteiger partial charge on any atom is 0.243 e. The number of aromatic nitrogens is 2. The number of hydrogen-bond acceptors (Lipinski definition) is 5. The molecule has 1 aromatic heterocycles. The Morgan fingerprint density at radius 3 is 2.46 bits per heavy atom. The van der Waals surface area contributed by atoms with Gasteiger partial charge >= 0.3 is 0 Å². The number of hydrogen-bond donors (Lipinski definition) is 1. The summed E-state index contributed by atoms with van der Waals surface area (Å²) in [6.07, 6.45) is 0. The Morgan fingerprint density at radius 2 is 1.85 bits per heavy atom. The molecule has 0 fully saturated rings. The van der Waals surface area contributed by atoms with Crippen molar-refractivity contribution in [1.82, 2.24) is 15.3 Å². The average molecular weight is 367 g/mol. The molecule has 1 unspecified atom stereocenters. The van der Waals surface area contributed by atoms with E-state index in [0.717, 1.165) is 11.3 Å². The van der Waals surface area contributed by atoms with Gasteiger partial charge in [0, 0.05) is 6.54 Å². The second kappa shape index (κ2) is 7.81. The molecule has 1 heterocycles. The first-order chi connectivity index (χ1) is 12.6. The third-order valence-corrected chi connectivity index (χ3v) is 4.12. The van der Waals surface area contributed by atoms with Crippen LogP contribution in [0.5, 0.6) is 5.75 Å². The summed E-state index contributed by atoms with van der Waals surface area (Å²) in [6, 6.07) is 16.4. The standard InChI is InChI=1S/C19H15ClN4O2/c1-26-13-8-6-12(7-9-13)11-22-19(25)14(10-21)17-18(20)24-16-5-3-2-4-15(16)23-17/h2-9,14H,11H2,1H3,(H,22,25). The summed E-state index contributed by atoms with van der Waals surface area (Å²) in [5.74, 6) is -0.888. The summed E-state index contributed by atoms with van der Waals surface area (Å²) in [5, 5.41) is 12.2. The normalized spacial score (nSPS) is 11.6. The van der Waals surface area contributed by atoms with Crippen molar-refractivity contribution in [2.45, 2.75) is 12.5 Å². The molecule has 1 N–H and O–H groups in total. The van der Waals surface area contributed by atoms with E-state index in [1.165, 1.54) is 0 Å². The third-order valence-electron chi connectivity index (χ3n) is 3.84. The molecule has 130 valence electrons. The summed E-state index contributed by atoms with van der Waals surface area (Å²) in [4.78, 5) is 21.0. The summed E-state index contributed by atoms with van der Waals surface area (Å²) >= 11 is 6.15. The lowest BCUT2D eigenvalue weighted by Gasteiger charge is -2.12. The topological polar surface area (TPSA) is 87.9 Å². The number of para-hydroxylation sites is 2. The Labute approximate surface area is 155 Å². The molecule has 0 saturated heterocycles. The van der Waals surface area contributed by atoms with Crippen molar-refractivity contribution in [1.29, 1.82) is 5.26 Å². The number of amides is 1. The van der Waals surface area contributed by atoms with E-state index in [1.807, 2.05) is 24.3 Å². The van der Waals surface area contributed by atoms with Crippen LogP contribution in [0, 0.1) is 11.3 Å². The minimum atomic E-state index is -1.14. The van der Waals surface area contributed by atoms with Crippen molar-refractivity contribution in [3.05, 3.63) is 64.9 Å². The zero-order valence-electron chi connectivity index (χ0n) is 13.9. The molecule has 0 aliphatic rings. The van der Waals surface area contributed by atoms with Gasteiger partial charge in [-0.05, 0) is 29.8 Å². The number of nitrogens with one attached hydrogen (secondary N) is 1. The fourth-order valence-electron chi connectivity index (χ4n) is 2.45. The van der Waals surface area contributed by atoms with E-state index in [4.69, 9.17) is 16.3 Å². The second-order valence-electron chi connectivity index (χ2n) is 5.52. The van der Waals surface area contributed by atoms with Crippen LogP contribution >= 0.6 is 11.6 Å². The SMILES string of the molecule is COc1ccc(CNC(=O)C(C#N)c2nc3ccccc3nc2Cl)cc1. The van der Waals surface area contributed by atoms with Gasteiger partial charge in [-0.1, -0.05) is 35.9 Å². The Balaban J connectivity index is 1.78. The van der Waals surface area contributed by atoms with E-state index >= 15 is 0 Å². The smallest absolute Gasteiger partial charge is 0.243 e. The summed E-state index contributed by atoms with van der Waals surface area (Å²) in [5.41, 5.74) is 2.22. The van der Waals surface area contributed by atoms with Gasteiger partial charge in [0.1, 0.15) is 11.4 Å². The van der Waals surface area contributed by atoms with Crippen LogP contribution in [0.15, 0.2) is 48.5 Å². The Bertz CT molecular complexity index is 983. The van der Waals surface area contributed by atoms with Crippen molar-refractivity contribution in [2.24, 2.45) is 0 Å². The zero-order valence-corrected chi connectivity index (χ0v) is 14.7. The van der Waals surface area contributed by atoms with Crippen LogP contribution in [0.4, 0.5) is 0 Å². The van der Waals surface area contributed by atoms with E-state index in [-0.39, 0.29) is 17.4 Å². The number of carbonyl (C=O) groups excluding carboxylic acids is 1. The number of nitrogens with zero attached hydrogens (tertiary/aromatic N) is 3. The summed E-state index contributed by atoms with van der Waals surface area (Å²) < 4.78 is 5.10. The number of rotatable bonds is 5. The number of halogens is 1. The molecule has 1 amide bonds. The average Bonchev–Trinajstić information content (AvgIpc) is 2.67. The molecule has 0 aliphatic heterocycles. The van der Waals surface area contributed by atoms with E-state index < -0.39 is 11.8 Å². The Kier molecular flexibility index (Phi) is 5.30. The zero-order chi connectivity index (χ0) is 18.5. The summed E-state index contributed by atoms with van der Waals surface area (Å²) in [6.45, 7) is 0.277. The number of fused-ring (bicyclic) bond motifs is 1. The number of carbonyl (C=O) groups is 1. The first kappa shape index (κ1) is 17.6. The van der Waals surface area contributed by atoms with E-state index in [2.05, 4.69) is 15.3 Å². The van der Waals surface area contributed by atoms with Gasteiger partial charge in [-0.2, -0.15) is 5.26 Å². The third kappa shape index (κ3) is 3.73. The van der Waals surface area contributed by atoms with Crippen LogP contribution < -0.4 is 10.1 Å². The largest absolute Gasteiger partial charge is 0.497 e. The van der Waals surface area contributed by atoms with Gasteiger partial charge < -0.3 is 10.1 Å². The van der Waals surface area contributed by atoms with E-state index in [9.17, 15) is 10.1 Å². The summed E-state index contributed by atoms with van der Waals surface area (Å²) in [7, 11) is 1.59. The molecular weight excluding hydrogens is 352 g/mol. The Hall–Kier alpha value is -3.17.